The van der Waals surface area contributed by atoms with Crippen molar-refractivity contribution >= 4 is 17.9 Å². The van der Waals surface area contributed by atoms with Crippen molar-refractivity contribution in [2.24, 2.45) is 50.2 Å². The lowest BCUT2D eigenvalue weighted by Crippen LogP contribution is -2.71. The fourth-order valence-corrected chi connectivity index (χ4v) is 16.8. The van der Waals surface area contributed by atoms with E-state index in [1.165, 1.54) is 0 Å². The minimum Gasteiger partial charge on any atom is -0.463 e. The lowest BCUT2D eigenvalue weighted by Gasteiger charge is -2.72. The third kappa shape index (κ3) is 10.5. The van der Waals surface area contributed by atoms with E-state index in [0.717, 1.165) is 19.4 Å². The van der Waals surface area contributed by atoms with Crippen LogP contribution in [0.4, 0.5) is 0 Å². The van der Waals surface area contributed by atoms with Gasteiger partial charge in [-0.1, -0.05) is 53.2 Å². The van der Waals surface area contributed by atoms with Crippen molar-refractivity contribution in [3.05, 3.63) is 11.6 Å². The zero-order chi connectivity index (χ0) is 60.1. The Bertz CT molecular complexity index is 2340. The third-order valence-corrected chi connectivity index (χ3v) is 21.4. The standard InChI is InChI=1S/C56H88O26/c1-23(61)73-21-31-38(67)43(74-24(2)62)49(78-31)82-50(72)56-14-13-51(3,4)15-26(56)25-9-10-33-52(5)16-27(63)45(81-47-42(71)39(68)35(64)28(18-57)76-47)53(6,22-60)32(52)11-12-54(33,7)55(25,8)17-34(56)79-48-44(40(69)36(65)29(19-58)77-48)80-46-41(70)37(66)30(20-59)75-46/h9,26-49,57-60,63-71H,10-22H2,1-8H3. The molecule has 26 heteroatoms. The molecule has 13 N–H and O–H groups in total. The topological polar surface area (TPSA) is 407 Å². The summed E-state index contributed by atoms with van der Waals surface area (Å²) in [5, 5.41) is 143. The molecular weight excluding hydrogens is 1090 g/mol. The van der Waals surface area contributed by atoms with Gasteiger partial charge in [0.05, 0.1) is 44.7 Å². The number of aliphatic hydroxyl groups excluding tert-OH is 13. The summed E-state index contributed by atoms with van der Waals surface area (Å²) in [6.07, 6.45) is -29.0. The molecule has 82 heavy (non-hydrogen) atoms. The van der Waals surface area contributed by atoms with Crippen LogP contribution in [0.15, 0.2) is 11.6 Å². The van der Waals surface area contributed by atoms with E-state index < -0.39 is 218 Å². The number of aliphatic hydroxyl groups is 13. The molecular formula is C56H88O26. The van der Waals surface area contributed by atoms with Crippen LogP contribution in [-0.2, 0) is 61.8 Å². The Morgan fingerprint density at radius 3 is 1.74 bits per heavy atom. The van der Waals surface area contributed by atoms with Crippen molar-refractivity contribution in [3.63, 3.8) is 0 Å². The Morgan fingerprint density at radius 1 is 0.573 bits per heavy atom. The van der Waals surface area contributed by atoms with Crippen LogP contribution in [0.3, 0.4) is 0 Å². The van der Waals surface area contributed by atoms with E-state index >= 15 is 4.79 Å². The van der Waals surface area contributed by atoms with Crippen LogP contribution in [0, 0.1) is 50.2 Å². The van der Waals surface area contributed by atoms with Crippen LogP contribution >= 0.6 is 0 Å². The van der Waals surface area contributed by atoms with Crippen molar-refractivity contribution < 1.29 is 128 Å². The van der Waals surface area contributed by atoms with Gasteiger partial charge in [-0.05, 0) is 90.8 Å². The summed E-state index contributed by atoms with van der Waals surface area (Å²) >= 11 is 0. The van der Waals surface area contributed by atoms with E-state index in [1.54, 1.807) is 6.92 Å². The Morgan fingerprint density at radius 2 is 1.15 bits per heavy atom. The van der Waals surface area contributed by atoms with Gasteiger partial charge < -0.3 is 114 Å². The number of carbonyl (C=O) groups excluding carboxylic acids is 3. The number of rotatable bonds is 15. The zero-order valence-electron chi connectivity index (χ0n) is 47.7. The molecule has 29 atom stereocenters. The first-order valence-corrected chi connectivity index (χ1v) is 28.8. The highest BCUT2D eigenvalue weighted by molar-refractivity contribution is 5.80. The van der Waals surface area contributed by atoms with Gasteiger partial charge in [0.25, 0.3) is 0 Å². The largest absolute Gasteiger partial charge is 0.463 e. The smallest absolute Gasteiger partial charge is 0.317 e. The Balaban J connectivity index is 1.14. The van der Waals surface area contributed by atoms with Crippen LogP contribution in [-0.4, -0.2) is 246 Å². The third-order valence-electron chi connectivity index (χ3n) is 21.4. The Hall–Kier alpha value is -2.65. The molecule has 0 spiro atoms. The molecule has 0 aromatic heterocycles. The summed E-state index contributed by atoms with van der Waals surface area (Å²) in [5.74, 6) is -3.84. The van der Waals surface area contributed by atoms with Gasteiger partial charge in [0.15, 0.2) is 25.0 Å². The van der Waals surface area contributed by atoms with Crippen LogP contribution in [0.5, 0.6) is 0 Å². The van der Waals surface area contributed by atoms with Crippen LogP contribution in [0.25, 0.3) is 0 Å². The van der Waals surface area contributed by atoms with Crippen LogP contribution in [0.2, 0.25) is 0 Å². The minimum atomic E-state index is -1.93. The van der Waals surface area contributed by atoms with Crippen molar-refractivity contribution in [2.75, 3.05) is 33.0 Å². The molecule has 468 valence electrons. The highest BCUT2D eigenvalue weighted by Crippen LogP contribution is 2.76. The fraction of sp³-hybridized carbons (Fsp3) is 0.911. The van der Waals surface area contributed by atoms with Gasteiger partial charge in [0.1, 0.15) is 91.4 Å². The maximum atomic E-state index is 16.1. The van der Waals surface area contributed by atoms with E-state index in [9.17, 15) is 76.0 Å². The molecule has 0 amide bonds. The SMILES string of the molecule is CC(=O)OCC1OC(OC(=O)C23CCC(C)(C)CC2C2=CCC4C5(C)CC(O)C(OC6OC(CO)C(O)C(O)C6O)C(C)(CO)C5CCC4(C)C2(C)CC3OC2OC(CO)C(O)C(O)C2OC2OC(CO)C(O)C2O)C(OC(C)=O)C1O. The first kappa shape index (κ1) is 63.8. The molecule has 0 radical (unpaired) electrons. The average Bonchev–Trinajstić information content (AvgIpc) is 0.888. The van der Waals surface area contributed by atoms with E-state index in [4.69, 9.17) is 47.4 Å². The van der Waals surface area contributed by atoms with Crippen molar-refractivity contribution in [3.8, 4) is 0 Å². The molecule has 4 saturated carbocycles. The van der Waals surface area contributed by atoms with E-state index in [2.05, 4.69) is 40.7 Å². The average molecular weight is 1180 g/mol. The van der Waals surface area contributed by atoms with Gasteiger partial charge in [0, 0.05) is 19.3 Å². The highest BCUT2D eigenvalue weighted by atomic mass is 16.8. The molecule has 29 unspecified atom stereocenters. The molecule has 4 heterocycles. The van der Waals surface area contributed by atoms with Crippen molar-refractivity contribution in [2.45, 2.75) is 236 Å². The maximum absolute atomic E-state index is 16.1. The normalized spacial score (nSPS) is 51.6. The Kier molecular flexibility index (Phi) is 18.3. The quantitative estimate of drug-likeness (QED) is 0.0343. The second-order valence-corrected chi connectivity index (χ2v) is 26.6. The lowest BCUT2D eigenvalue weighted by atomic mass is 9.33. The summed E-state index contributed by atoms with van der Waals surface area (Å²) in [6, 6.07) is 0. The van der Waals surface area contributed by atoms with Crippen molar-refractivity contribution in [1.82, 2.24) is 0 Å². The second-order valence-electron chi connectivity index (χ2n) is 26.6. The fourth-order valence-electron chi connectivity index (χ4n) is 16.8. The first-order chi connectivity index (χ1) is 38.4. The first-order valence-electron chi connectivity index (χ1n) is 28.8. The predicted octanol–water partition coefficient (Wildman–Crippen LogP) is -2.70. The molecule has 4 aliphatic heterocycles. The molecule has 0 aromatic carbocycles. The number of ether oxygens (including phenoxy) is 10. The number of hydrogen-bond acceptors (Lipinski definition) is 26. The molecule has 26 nitrogen and oxygen atoms in total. The van der Waals surface area contributed by atoms with Gasteiger partial charge >= 0.3 is 17.9 Å². The molecule has 4 saturated heterocycles. The van der Waals surface area contributed by atoms with Gasteiger partial charge in [-0.3, -0.25) is 14.4 Å². The molecule has 9 aliphatic rings. The van der Waals surface area contributed by atoms with Gasteiger partial charge in [-0.25, -0.2) is 0 Å². The summed E-state index contributed by atoms with van der Waals surface area (Å²) in [4.78, 5) is 40.5. The summed E-state index contributed by atoms with van der Waals surface area (Å²) in [6.45, 7) is 11.2. The van der Waals surface area contributed by atoms with Gasteiger partial charge in [-0.15, -0.1) is 0 Å². The van der Waals surface area contributed by atoms with Gasteiger partial charge in [0.2, 0.25) is 6.29 Å². The molecule has 0 aromatic rings. The number of carbonyl (C=O) groups is 3. The number of hydrogen-bond donors (Lipinski definition) is 13. The molecule has 8 fully saturated rings. The lowest BCUT2D eigenvalue weighted by molar-refractivity contribution is -0.358. The summed E-state index contributed by atoms with van der Waals surface area (Å²) < 4.78 is 60.5. The van der Waals surface area contributed by atoms with E-state index in [-0.39, 0.29) is 31.1 Å². The number of allylic oxidation sites excluding steroid dienone is 2. The maximum Gasteiger partial charge on any atom is 0.317 e. The van der Waals surface area contributed by atoms with Crippen LogP contribution < -0.4 is 0 Å². The van der Waals surface area contributed by atoms with E-state index in [0.29, 0.717) is 32.1 Å². The van der Waals surface area contributed by atoms with E-state index in [1.807, 2.05) is 0 Å². The number of fused-ring (bicyclic) bond motifs is 7. The molecule has 5 aliphatic carbocycles. The molecule has 9 rings (SSSR count). The van der Waals surface area contributed by atoms with Crippen molar-refractivity contribution in [1.29, 1.82) is 0 Å². The van der Waals surface area contributed by atoms with Gasteiger partial charge in [-0.2, -0.15) is 0 Å². The summed E-state index contributed by atoms with van der Waals surface area (Å²) in [5.41, 5.74) is -4.97. The predicted molar refractivity (Wildman–Crippen MR) is 274 cm³/mol. The molecule has 0 bridgehead atoms. The monoisotopic (exact) mass is 1180 g/mol. The zero-order valence-corrected chi connectivity index (χ0v) is 47.7. The Labute approximate surface area is 475 Å². The second kappa shape index (κ2) is 23.5. The summed E-state index contributed by atoms with van der Waals surface area (Å²) in [7, 11) is 0. The highest BCUT2D eigenvalue weighted by Gasteiger charge is 2.74. The number of esters is 3. The minimum absolute atomic E-state index is 0.000743. The van der Waals surface area contributed by atoms with Crippen LogP contribution in [0.1, 0.15) is 107 Å².